The molecule has 1 aliphatic heterocycles. The summed E-state index contributed by atoms with van der Waals surface area (Å²) < 4.78 is 1.09. The van der Waals surface area contributed by atoms with Gasteiger partial charge in [0.05, 0.1) is 21.3 Å². The summed E-state index contributed by atoms with van der Waals surface area (Å²) in [5.74, 6) is -0.155. The van der Waals surface area contributed by atoms with Crippen LogP contribution in [0, 0.1) is 6.92 Å². The molecule has 130 valence electrons. The normalized spacial score (nSPS) is 17.6. The van der Waals surface area contributed by atoms with Crippen molar-refractivity contribution in [2.45, 2.75) is 38.7 Å². The van der Waals surface area contributed by atoms with E-state index >= 15 is 0 Å². The Morgan fingerprint density at radius 1 is 1.33 bits per heavy atom. The van der Waals surface area contributed by atoms with Gasteiger partial charge in [0.15, 0.2) is 0 Å². The van der Waals surface area contributed by atoms with Crippen LogP contribution in [0.2, 0.25) is 0 Å². The van der Waals surface area contributed by atoms with Crippen molar-refractivity contribution < 1.29 is 9.90 Å². The maximum Gasteiger partial charge on any atom is 0.251 e. The van der Waals surface area contributed by atoms with E-state index in [1.165, 1.54) is 25.7 Å². The second-order valence-electron chi connectivity index (χ2n) is 6.49. The average Bonchev–Trinajstić information content (AvgIpc) is 2.75. The van der Waals surface area contributed by atoms with E-state index in [0.717, 1.165) is 28.3 Å². The maximum absolute atomic E-state index is 12.3. The number of nitrogens with zero attached hydrogens (tertiary/aromatic N) is 2. The van der Waals surface area contributed by atoms with Crippen LogP contribution in [-0.2, 0) is 0 Å². The van der Waals surface area contributed by atoms with Crippen LogP contribution in [0.15, 0.2) is 18.2 Å². The van der Waals surface area contributed by atoms with E-state index in [-0.39, 0.29) is 12.5 Å². The number of carbonyl (C=O) groups is 1. The molecule has 3 rings (SSSR count). The quantitative estimate of drug-likeness (QED) is 0.872. The van der Waals surface area contributed by atoms with Gasteiger partial charge in [-0.3, -0.25) is 4.79 Å². The molecule has 2 heterocycles. The molecule has 1 aromatic carbocycles. The Hall–Kier alpha value is -1.50. The number of amides is 1. The van der Waals surface area contributed by atoms with Gasteiger partial charge >= 0.3 is 0 Å². The van der Waals surface area contributed by atoms with Gasteiger partial charge in [0.25, 0.3) is 5.91 Å². The topological polar surface area (TPSA) is 65.5 Å². The Morgan fingerprint density at radius 2 is 2.08 bits per heavy atom. The van der Waals surface area contributed by atoms with Crippen LogP contribution in [0.3, 0.4) is 0 Å². The number of benzene rings is 1. The summed E-state index contributed by atoms with van der Waals surface area (Å²) in [6.45, 7) is 4.97. The van der Waals surface area contributed by atoms with Gasteiger partial charge < -0.3 is 15.3 Å². The third-order valence-electron chi connectivity index (χ3n) is 4.42. The summed E-state index contributed by atoms with van der Waals surface area (Å²) in [4.78, 5) is 19.0. The van der Waals surface area contributed by atoms with E-state index < -0.39 is 6.10 Å². The van der Waals surface area contributed by atoms with Crippen LogP contribution in [0.1, 0.15) is 41.0 Å². The first-order chi connectivity index (χ1) is 11.6. The molecule has 0 bridgehead atoms. The molecule has 1 saturated heterocycles. The lowest BCUT2D eigenvalue weighted by Gasteiger charge is -2.23. The zero-order valence-corrected chi connectivity index (χ0v) is 14.9. The number of rotatable bonds is 5. The lowest BCUT2D eigenvalue weighted by molar-refractivity contribution is 0.0862. The predicted molar refractivity (Wildman–Crippen MR) is 97.6 cm³/mol. The summed E-state index contributed by atoms with van der Waals surface area (Å²) in [7, 11) is 0. The van der Waals surface area contributed by atoms with Gasteiger partial charge in [-0.2, -0.15) is 0 Å². The van der Waals surface area contributed by atoms with Crippen molar-refractivity contribution in [1.29, 1.82) is 0 Å². The number of likely N-dealkylation sites (tertiary alicyclic amines) is 1. The molecule has 5 nitrogen and oxygen atoms in total. The van der Waals surface area contributed by atoms with E-state index in [1.807, 2.05) is 25.1 Å². The Labute approximate surface area is 146 Å². The Morgan fingerprint density at radius 3 is 2.83 bits per heavy atom. The Kier molecular flexibility index (Phi) is 5.81. The molecule has 2 N–H and O–H groups in total. The molecule has 1 amide bonds. The number of aryl methyl sites for hydroxylation is 1. The lowest BCUT2D eigenvalue weighted by Crippen LogP contribution is -2.40. The summed E-state index contributed by atoms with van der Waals surface area (Å²) in [6.07, 6.45) is 4.43. The third kappa shape index (κ3) is 4.53. The van der Waals surface area contributed by atoms with E-state index in [1.54, 1.807) is 11.3 Å². The van der Waals surface area contributed by atoms with Gasteiger partial charge in [-0.15, -0.1) is 11.3 Å². The van der Waals surface area contributed by atoms with Gasteiger partial charge in [0.1, 0.15) is 0 Å². The molecular weight excluding hydrogens is 322 g/mol. The molecule has 24 heavy (non-hydrogen) atoms. The smallest absolute Gasteiger partial charge is 0.251 e. The maximum atomic E-state index is 12.3. The SMILES string of the molecule is Cc1nc2cc(C(=O)NC[C@H](O)CN3CCCCCC3)ccc2s1. The fourth-order valence-electron chi connectivity index (χ4n) is 3.18. The predicted octanol–water partition coefficient (Wildman–Crippen LogP) is 2.57. The number of aliphatic hydroxyl groups excluding tert-OH is 1. The Balaban J connectivity index is 1.51. The van der Waals surface area contributed by atoms with Crippen molar-refractivity contribution >= 4 is 27.5 Å². The number of aliphatic hydroxyl groups is 1. The Bertz CT molecular complexity index is 693. The van der Waals surface area contributed by atoms with Crippen LogP contribution < -0.4 is 5.32 Å². The minimum Gasteiger partial charge on any atom is -0.390 e. The van der Waals surface area contributed by atoms with Crippen molar-refractivity contribution in [3.05, 3.63) is 28.8 Å². The molecule has 1 atom stereocenters. The third-order valence-corrected chi connectivity index (χ3v) is 5.37. The fourth-order valence-corrected chi connectivity index (χ4v) is 3.99. The second kappa shape index (κ2) is 8.05. The van der Waals surface area contributed by atoms with Crippen LogP contribution in [0.4, 0.5) is 0 Å². The highest BCUT2D eigenvalue weighted by Crippen LogP contribution is 2.22. The zero-order chi connectivity index (χ0) is 16.9. The number of nitrogens with one attached hydrogen (secondary N) is 1. The molecule has 0 radical (unpaired) electrons. The summed E-state index contributed by atoms with van der Waals surface area (Å²) in [5.41, 5.74) is 1.45. The van der Waals surface area contributed by atoms with Crippen molar-refractivity contribution in [1.82, 2.24) is 15.2 Å². The van der Waals surface area contributed by atoms with E-state index in [9.17, 15) is 9.90 Å². The van der Waals surface area contributed by atoms with Crippen molar-refractivity contribution in [3.8, 4) is 0 Å². The number of β-amino-alcohol motifs (C(OH)–C–C–N with tert-alkyl or cyclic N) is 1. The minimum absolute atomic E-state index is 0.155. The summed E-state index contributed by atoms with van der Waals surface area (Å²) >= 11 is 1.62. The first kappa shape index (κ1) is 17.3. The molecule has 0 saturated carbocycles. The van der Waals surface area contributed by atoms with Gasteiger partial charge in [-0.05, 0) is 51.1 Å². The van der Waals surface area contributed by atoms with Crippen LogP contribution in [-0.4, -0.2) is 53.2 Å². The standard InChI is InChI=1S/C18H25N3O2S/c1-13-20-16-10-14(6-7-17(16)24-13)18(23)19-11-15(22)12-21-8-4-2-3-5-9-21/h6-7,10,15,22H,2-5,8-9,11-12H2,1H3,(H,19,23)/t15-/m0/s1. The number of hydrogen-bond acceptors (Lipinski definition) is 5. The van der Waals surface area contributed by atoms with Crippen molar-refractivity contribution in [2.75, 3.05) is 26.2 Å². The van der Waals surface area contributed by atoms with Gasteiger partial charge in [-0.1, -0.05) is 12.8 Å². The summed E-state index contributed by atoms with van der Waals surface area (Å²) in [6, 6.07) is 5.56. The molecule has 1 fully saturated rings. The number of fused-ring (bicyclic) bond motifs is 1. The largest absolute Gasteiger partial charge is 0.390 e. The minimum atomic E-state index is -0.530. The zero-order valence-electron chi connectivity index (χ0n) is 14.1. The number of hydrogen-bond donors (Lipinski definition) is 2. The number of aromatic nitrogens is 1. The highest BCUT2D eigenvalue weighted by atomic mass is 32.1. The molecule has 0 unspecified atom stereocenters. The van der Waals surface area contributed by atoms with Crippen LogP contribution in [0.5, 0.6) is 0 Å². The molecule has 0 aliphatic carbocycles. The van der Waals surface area contributed by atoms with Crippen molar-refractivity contribution in [3.63, 3.8) is 0 Å². The van der Waals surface area contributed by atoms with Crippen molar-refractivity contribution in [2.24, 2.45) is 0 Å². The average molecular weight is 347 g/mol. The molecule has 1 aliphatic rings. The van der Waals surface area contributed by atoms with E-state index in [0.29, 0.717) is 12.1 Å². The number of thiazole rings is 1. The molecule has 1 aromatic heterocycles. The molecule has 6 heteroatoms. The van der Waals surface area contributed by atoms with Gasteiger partial charge in [0.2, 0.25) is 0 Å². The molecular formula is C18H25N3O2S. The first-order valence-electron chi connectivity index (χ1n) is 8.67. The van der Waals surface area contributed by atoms with E-state index in [2.05, 4.69) is 15.2 Å². The van der Waals surface area contributed by atoms with Gasteiger partial charge in [0, 0.05) is 18.7 Å². The lowest BCUT2D eigenvalue weighted by atomic mass is 10.2. The van der Waals surface area contributed by atoms with Crippen LogP contribution >= 0.6 is 11.3 Å². The second-order valence-corrected chi connectivity index (χ2v) is 7.73. The summed E-state index contributed by atoms with van der Waals surface area (Å²) in [5, 5.41) is 14.0. The number of carbonyl (C=O) groups excluding carboxylic acids is 1. The monoisotopic (exact) mass is 347 g/mol. The highest BCUT2D eigenvalue weighted by Gasteiger charge is 2.15. The molecule has 2 aromatic rings. The first-order valence-corrected chi connectivity index (χ1v) is 9.49. The van der Waals surface area contributed by atoms with E-state index in [4.69, 9.17) is 0 Å². The van der Waals surface area contributed by atoms with Gasteiger partial charge in [-0.25, -0.2) is 4.98 Å². The molecule has 0 spiro atoms. The van der Waals surface area contributed by atoms with Crippen LogP contribution in [0.25, 0.3) is 10.2 Å². The fraction of sp³-hybridized carbons (Fsp3) is 0.556. The highest BCUT2D eigenvalue weighted by molar-refractivity contribution is 7.18.